The maximum absolute atomic E-state index is 10.9. The summed E-state index contributed by atoms with van der Waals surface area (Å²) >= 11 is 0. The molecule has 0 saturated carbocycles. The summed E-state index contributed by atoms with van der Waals surface area (Å²) in [6.45, 7) is 5.22. The van der Waals surface area contributed by atoms with Gasteiger partial charge in [0.15, 0.2) is 6.29 Å². The number of carboxylic acid groups (broad SMARTS) is 2. The lowest BCUT2D eigenvalue weighted by atomic mass is 9.95. The summed E-state index contributed by atoms with van der Waals surface area (Å²) in [4.78, 5) is 25.2. The Labute approximate surface area is 117 Å². The highest BCUT2D eigenvalue weighted by atomic mass is 16.7. The number of ether oxygens (including phenoxy) is 2. The molecule has 1 saturated heterocycles. The van der Waals surface area contributed by atoms with Crippen molar-refractivity contribution in [3.63, 3.8) is 0 Å². The number of carboxylic acids is 2. The molecule has 7 nitrogen and oxygen atoms in total. The number of hydrogen-bond acceptors (Lipinski definition) is 5. The Bertz CT molecular complexity index is 369. The van der Waals surface area contributed by atoms with E-state index >= 15 is 0 Å². The van der Waals surface area contributed by atoms with Crippen molar-refractivity contribution in [2.75, 3.05) is 13.2 Å². The van der Waals surface area contributed by atoms with E-state index in [0.29, 0.717) is 19.6 Å². The molecule has 0 aromatic heterocycles. The van der Waals surface area contributed by atoms with Gasteiger partial charge in [0.1, 0.15) is 6.04 Å². The van der Waals surface area contributed by atoms with Gasteiger partial charge in [-0.1, -0.05) is 13.8 Å². The molecular formula is C13H21NO6. The van der Waals surface area contributed by atoms with Crippen molar-refractivity contribution < 1.29 is 29.3 Å². The molecule has 0 radical (unpaired) electrons. The van der Waals surface area contributed by atoms with Gasteiger partial charge in [0.2, 0.25) is 0 Å². The second-order valence-corrected chi connectivity index (χ2v) is 5.57. The molecule has 0 aromatic carbocycles. The molecule has 0 amide bonds. The Morgan fingerprint density at radius 3 is 2.45 bits per heavy atom. The predicted octanol–water partition coefficient (Wildman–Crippen LogP) is 1.16. The summed E-state index contributed by atoms with van der Waals surface area (Å²) < 4.78 is 11.0. The van der Waals surface area contributed by atoms with Crippen LogP contribution < -0.4 is 0 Å². The predicted molar refractivity (Wildman–Crippen MR) is 70.9 cm³/mol. The fourth-order valence-electron chi connectivity index (χ4n) is 1.66. The molecule has 114 valence electrons. The van der Waals surface area contributed by atoms with Crippen molar-refractivity contribution in [3.8, 4) is 0 Å². The maximum atomic E-state index is 10.9. The van der Waals surface area contributed by atoms with Crippen LogP contribution in [0.1, 0.15) is 33.1 Å². The van der Waals surface area contributed by atoms with E-state index in [1.807, 2.05) is 13.8 Å². The number of hydrogen-bond donors (Lipinski definition) is 2. The van der Waals surface area contributed by atoms with E-state index in [4.69, 9.17) is 19.7 Å². The quantitative estimate of drug-likeness (QED) is 0.681. The average Bonchev–Trinajstić information content (AvgIpc) is 2.34. The third-order valence-electron chi connectivity index (χ3n) is 2.82. The van der Waals surface area contributed by atoms with Gasteiger partial charge >= 0.3 is 11.9 Å². The molecule has 2 N–H and O–H groups in total. The average molecular weight is 287 g/mol. The first-order valence-corrected chi connectivity index (χ1v) is 6.49. The van der Waals surface area contributed by atoms with Crippen molar-refractivity contribution in [1.29, 1.82) is 0 Å². The number of nitrogens with zero attached hydrogens (tertiary/aromatic N) is 1. The van der Waals surface area contributed by atoms with Gasteiger partial charge in [-0.25, -0.2) is 4.79 Å². The summed E-state index contributed by atoms with van der Waals surface area (Å²) in [6, 6.07) is -1.04. The Kier molecular flexibility index (Phi) is 6.09. The zero-order valence-electron chi connectivity index (χ0n) is 11.7. The highest BCUT2D eigenvalue weighted by Gasteiger charge is 2.27. The van der Waals surface area contributed by atoms with E-state index in [1.54, 1.807) is 0 Å². The highest BCUT2D eigenvalue weighted by Crippen LogP contribution is 2.23. The van der Waals surface area contributed by atoms with E-state index in [-0.39, 0.29) is 18.3 Å². The summed E-state index contributed by atoms with van der Waals surface area (Å²) in [5.74, 6) is -2.17. The molecule has 1 rings (SSSR count). The van der Waals surface area contributed by atoms with E-state index in [2.05, 4.69) is 4.99 Å². The van der Waals surface area contributed by atoms with Gasteiger partial charge in [-0.2, -0.15) is 0 Å². The van der Waals surface area contributed by atoms with E-state index in [9.17, 15) is 9.59 Å². The van der Waals surface area contributed by atoms with Gasteiger partial charge in [0.05, 0.1) is 13.2 Å². The van der Waals surface area contributed by atoms with Gasteiger partial charge in [-0.05, 0) is 6.42 Å². The second-order valence-electron chi connectivity index (χ2n) is 5.57. The van der Waals surface area contributed by atoms with Gasteiger partial charge in [-0.3, -0.25) is 9.79 Å². The second kappa shape index (κ2) is 7.35. The van der Waals surface area contributed by atoms with Gasteiger partial charge < -0.3 is 19.7 Å². The SMILES string of the molecule is CC1(C)COC(CC=N[C@@H](CCC(=O)O)C(=O)O)OC1. The molecule has 1 fully saturated rings. The van der Waals surface area contributed by atoms with Gasteiger partial charge in [-0.15, -0.1) is 0 Å². The summed E-state index contributed by atoms with van der Waals surface area (Å²) in [6.07, 6.45) is 1.12. The molecule has 0 aliphatic carbocycles. The fraction of sp³-hybridized carbons (Fsp3) is 0.769. The minimum Gasteiger partial charge on any atom is -0.481 e. The van der Waals surface area contributed by atoms with Crippen LogP contribution in [0.25, 0.3) is 0 Å². The third kappa shape index (κ3) is 6.12. The van der Waals surface area contributed by atoms with Crippen molar-refractivity contribution in [2.45, 2.75) is 45.4 Å². The van der Waals surface area contributed by atoms with Gasteiger partial charge in [0.25, 0.3) is 0 Å². The summed E-state index contributed by atoms with van der Waals surface area (Å²) in [5.41, 5.74) is -0.0151. The van der Waals surface area contributed by atoms with E-state index < -0.39 is 24.3 Å². The Hall–Kier alpha value is -1.47. The van der Waals surface area contributed by atoms with Crippen molar-refractivity contribution >= 4 is 18.2 Å². The number of aliphatic imine (C=N–C) groups is 1. The molecule has 0 spiro atoms. The standard InChI is InChI=1S/C13H21NO6/c1-13(2)7-19-11(20-8-13)5-6-14-9(12(17)18)3-4-10(15)16/h6,9,11H,3-5,7-8H2,1-2H3,(H,15,16)(H,17,18)/t9-/m0/s1. The van der Waals surface area contributed by atoms with Crippen LogP contribution in [0.4, 0.5) is 0 Å². The zero-order valence-corrected chi connectivity index (χ0v) is 11.7. The Balaban J connectivity index is 2.37. The number of rotatable bonds is 7. The lowest BCUT2D eigenvalue weighted by molar-refractivity contribution is -0.217. The molecule has 1 atom stereocenters. The molecule has 1 aliphatic heterocycles. The molecular weight excluding hydrogens is 266 g/mol. The van der Waals surface area contributed by atoms with Crippen molar-refractivity contribution in [1.82, 2.24) is 0 Å². The van der Waals surface area contributed by atoms with Crippen LogP contribution in [0.3, 0.4) is 0 Å². The molecule has 0 bridgehead atoms. The molecule has 1 aliphatic rings. The zero-order chi connectivity index (χ0) is 15.2. The third-order valence-corrected chi connectivity index (χ3v) is 2.82. The fourth-order valence-corrected chi connectivity index (χ4v) is 1.66. The largest absolute Gasteiger partial charge is 0.481 e. The Morgan fingerprint density at radius 1 is 1.35 bits per heavy atom. The van der Waals surface area contributed by atoms with Crippen LogP contribution in [0, 0.1) is 5.41 Å². The smallest absolute Gasteiger partial charge is 0.328 e. The van der Waals surface area contributed by atoms with Crippen LogP contribution >= 0.6 is 0 Å². The normalized spacial score (nSPS) is 20.9. The van der Waals surface area contributed by atoms with E-state index in [0.717, 1.165) is 0 Å². The minimum absolute atomic E-state index is 0.0151. The van der Waals surface area contributed by atoms with Crippen molar-refractivity contribution in [2.24, 2.45) is 10.4 Å². The van der Waals surface area contributed by atoms with Gasteiger partial charge in [0, 0.05) is 24.5 Å². The van der Waals surface area contributed by atoms with Crippen LogP contribution in [-0.4, -0.2) is 53.9 Å². The van der Waals surface area contributed by atoms with Crippen molar-refractivity contribution in [3.05, 3.63) is 0 Å². The maximum Gasteiger partial charge on any atom is 0.328 e. The van der Waals surface area contributed by atoms with E-state index in [1.165, 1.54) is 6.21 Å². The van der Waals surface area contributed by atoms with Crippen LogP contribution in [0.15, 0.2) is 4.99 Å². The van der Waals surface area contributed by atoms with Crippen LogP contribution in [-0.2, 0) is 19.1 Å². The summed E-state index contributed by atoms with van der Waals surface area (Å²) in [5, 5.41) is 17.5. The molecule has 0 aromatic rings. The first kappa shape index (κ1) is 16.6. The van der Waals surface area contributed by atoms with Crippen LogP contribution in [0.5, 0.6) is 0 Å². The molecule has 1 heterocycles. The molecule has 7 heteroatoms. The topological polar surface area (TPSA) is 105 Å². The first-order valence-electron chi connectivity index (χ1n) is 6.49. The molecule has 0 unspecified atom stereocenters. The number of aliphatic carboxylic acids is 2. The minimum atomic E-state index is -1.13. The highest BCUT2D eigenvalue weighted by molar-refractivity contribution is 5.77. The van der Waals surface area contributed by atoms with Crippen LogP contribution in [0.2, 0.25) is 0 Å². The lowest BCUT2D eigenvalue weighted by Crippen LogP contribution is -2.37. The first-order chi connectivity index (χ1) is 9.30. The Morgan fingerprint density at radius 2 is 1.95 bits per heavy atom. The monoisotopic (exact) mass is 287 g/mol. The molecule has 20 heavy (non-hydrogen) atoms. The number of carbonyl (C=O) groups is 2. The summed E-state index contributed by atoms with van der Waals surface area (Å²) in [7, 11) is 0. The lowest BCUT2D eigenvalue weighted by Gasteiger charge is -2.34.